The predicted octanol–water partition coefficient (Wildman–Crippen LogP) is 2.77. The lowest BCUT2D eigenvalue weighted by Gasteiger charge is -2.16. The molecular weight excluding hydrogens is 362 g/mol. The van der Waals surface area contributed by atoms with Gasteiger partial charge in [0.25, 0.3) is 5.91 Å². The highest BCUT2D eigenvalue weighted by molar-refractivity contribution is 7.20. The van der Waals surface area contributed by atoms with Gasteiger partial charge in [-0.3, -0.25) is 9.78 Å². The highest BCUT2D eigenvalue weighted by atomic mass is 32.1. The summed E-state index contributed by atoms with van der Waals surface area (Å²) in [5.41, 5.74) is 1.93. The van der Waals surface area contributed by atoms with E-state index in [-0.39, 0.29) is 5.91 Å². The van der Waals surface area contributed by atoms with E-state index in [0.717, 1.165) is 33.7 Å². The number of methoxy groups -OCH3 is 1. The van der Waals surface area contributed by atoms with Gasteiger partial charge in [-0.2, -0.15) is 0 Å². The summed E-state index contributed by atoms with van der Waals surface area (Å²) in [4.78, 5) is 29.0. The molecule has 0 aliphatic heterocycles. The van der Waals surface area contributed by atoms with Crippen LogP contribution >= 0.6 is 11.3 Å². The highest BCUT2D eigenvalue weighted by Crippen LogP contribution is 2.33. The molecule has 0 atom stereocenters. The van der Waals surface area contributed by atoms with Crippen molar-refractivity contribution in [3.8, 4) is 0 Å². The number of thiophene rings is 1. The summed E-state index contributed by atoms with van der Waals surface area (Å²) >= 11 is 1.40. The molecule has 3 heterocycles. The van der Waals surface area contributed by atoms with Crippen molar-refractivity contribution >= 4 is 33.3 Å². The molecule has 1 amide bonds. The minimum atomic E-state index is -0.0213. The maximum absolute atomic E-state index is 12.8. The molecule has 0 saturated carbocycles. The highest BCUT2D eigenvalue weighted by Gasteiger charge is 2.21. The fourth-order valence-corrected chi connectivity index (χ4v) is 3.91. The number of rotatable bonds is 8. The number of nitrogens with zero attached hydrogens (tertiary/aromatic N) is 4. The second-order valence-corrected chi connectivity index (χ2v) is 7.18. The first-order valence-corrected chi connectivity index (χ1v) is 9.55. The minimum absolute atomic E-state index is 0.0213. The van der Waals surface area contributed by atoms with Crippen molar-refractivity contribution in [1.82, 2.24) is 19.9 Å². The van der Waals surface area contributed by atoms with Crippen LogP contribution in [0.3, 0.4) is 0 Å². The van der Waals surface area contributed by atoms with Crippen LogP contribution in [0, 0.1) is 6.92 Å². The number of carbonyl (C=O) groups is 1. The molecule has 0 spiro atoms. The van der Waals surface area contributed by atoms with Gasteiger partial charge in [0.05, 0.1) is 16.9 Å². The first-order valence-electron chi connectivity index (χ1n) is 8.74. The molecule has 0 aliphatic rings. The van der Waals surface area contributed by atoms with Crippen LogP contribution in [-0.4, -0.2) is 59.6 Å². The average molecular weight is 385 g/mol. The number of amides is 1. The number of carbonyl (C=O) groups excluding carboxylic acids is 1. The Bertz CT molecular complexity index is 913. The van der Waals surface area contributed by atoms with Crippen molar-refractivity contribution < 1.29 is 9.53 Å². The van der Waals surface area contributed by atoms with Crippen LogP contribution < -0.4 is 5.32 Å². The third kappa shape index (κ3) is 4.40. The van der Waals surface area contributed by atoms with Gasteiger partial charge in [0.1, 0.15) is 17.0 Å². The second kappa shape index (κ2) is 8.88. The van der Waals surface area contributed by atoms with Gasteiger partial charge in [0, 0.05) is 45.6 Å². The second-order valence-electron chi connectivity index (χ2n) is 6.18. The minimum Gasteiger partial charge on any atom is -0.383 e. The van der Waals surface area contributed by atoms with E-state index >= 15 is 0 Å². The lowest BCUT2D eigenvalue weighted by Crippen LogP contribution is -2.29. The van der Waals surface area contributed by atoms with Crippen molar-refractivity contribution in [1.29, 1.82) is 0 Å². The standard InChI is InChI=1S/C19H23N5O2S/c1-13-15-17(21-9-7-14-6-4-5-8-20-14)22-12-23-18(15)27-16(13)19(25)24(2)10-11-26-3/h4-6,8,12H,7,9-11H2,1-3H3,(H,21,22,23). The van der Waals surface area contributed by atoms with E-state index in [2.05, 4.69) is 20.3 Å². The molecule has 0 radical (unpaired) electrons. The molecule has 142 valence electrons. The molecule has 0 aliphatic carbocycles. The average Bonchev–Trinajstić information content (AvgIpc) is 3.04. The van der Waals surface area contributed by atoms with E-state index in [1.165, 1.54) is 17.7 Å². The molecule has 0 bridgehead atoms. The number of ether oxygens (including phenoxy) is 1. The number of hydrogen-bond donors (Lipinski definition) is 1. The van der Waals surface area contributed by atoms with E-state index in [1.54, 1.807) is 25.3 Å². The van der Waals surface area contributed by atoms with Crippen molar-refractivity contribution in [2.24, 2.45) is 0 Å². The van der Waals surface area contributed by atoms with E-state index in [4.69, 9.17) is 4.74 Å². The van der Waals surface area contributed by atoms with Crippen LogP contribution in [-0.2, 0) is 11.2 Å². The summed E-state index contributed by atoms with van der Waals surface area (Å²) in [6.07, 6.45) is 4.12. The Labute approximate surface area is 162 Å². The zero-order chi connectivity index (χ0) is 19.2. The molecule has 7 nitrogen and oxygen atoms in total. The third-order valence-electron chi connectivity index (χ3n) is 4.30. The number of likely N-dealkylation sites (N-methyl/N-ethyl adjacent to an activating group) is 1. The quantitative estimate of drug-likeness (QED) is 0.642. The predicted molar refractivity (Wildman–Crippen MR) is 107 cm³/mol. The lowest BCUT2D eigenvalue weighted by atomic mass is 10.2. The van der Waals surface area contributed by atoms with Crippen LogP contribution in [0.25, 0.3) is 10.2 Å². The number of aromatic nitrogens is 3. The van der Waals surface area contributed by atoms with Gasteiger partial charge in [-0.25, -0.2) is 9.97 Å². The molecular formula is C19H23N5O2S. The van der Waals surface area contributed by atoms with Gasteiger partial charge in [-0.05, 0) is 24.6 Å². The van der Waals surface area contributed by atoms with Crippen LogP contribution in [0.15, 0.2) is 30.7 Å². The molecule has 0 fully saturated rings. The van der Waals surface area contributed by atoms with E-state index in [9.17, 15) is 4.79 Å². The van der Waals surface area contributed by atoms with Gasteiger partial charge in [0.15, 0.2) is 0 Å². The zero-order valence-electron chi connectivity index (χ0n) is 15.7. The molecule has 3 aromatic heterocycles. The van der Waals surface area contributed by atoms with Gasteiger partial charge < -0.3 is 15.0 Å². The maximum atomic E-state index is 12.8. The smallest absolute Gasteiger partial charge is 0.264 e. The van der Waals surface area contributed by atoms with Crippen LogP contribution in [0.4, 0.5) is 5.82 Å². The number of hydrogen-bond acceptors (Lipinski definition) is 7. The summed E-state index contributed by atoms with van der Waals surface area (Å²) in [7, 11) is 3.41. The van der Waals surface area contributed by atoms with Gasteiger partial charge in [-0.1, -0.05) is 6.07 Å². The SMILES string of the molecule is COCCN(C)C(=O)c1sc2ncnc(NCCc3ccccn3)c2c1C. The maximum Gasteiger partial charge on any atom is 0.264 e. The largest absolute Gasteiger partial charge is 0.383 e. The fourth-order valence-electron chi connectivity index (χ4n) is 2.77. The number of anilines is 1. The van der Waals surface area contributed by atoms with Gasteiger partial charge >= 0.3 is 0 Å². The molecule has 0 saturated heterocycles. The summed E-state index contributed by atoms with van der Waals surface area (Å²) < 4.78 is 5.06. The molecule has 0 unspecified atom stereocenters. The Morgan fingerprint density at radius 3 is 2.89 bits per heavy atom. The van der Waals surface area contributed by atoms with Gasteiger partial charge in [-0.15, -0.1) is 11.3 Å². The summed E-state index contributed by atoms with van der Waals surface area (Å²) in [6.45, 7) is 3.70. The Morgan fingerprint density at radius 2 is 2.15 bits per heavy atom. The third-order valence-corrected chi connectivity index (χ3v) is 5.49. The Balaban J connectivity index is 1.79. The van der Waals surface area contributed by atoms with Crippen LogP contribution in [0.2, 0.25) is 0 Å². The van der Waals surface area contributed by atoms with Crippen LogP contribution in [0.5, 0.6) is 0 Å². The number of pyridine rings is 1. The summed E-state index contributed by atoms with van der Waals surface area (Å²) in [6, 6.07) is 5.88. The molecule has 8 heteroatoms. The van der Waals surface area contributed by atoms with E-state index in [0.29, 0.717) is 24.6 Å². The zero-order valence-corrected chi connectivity index (χ0v) is 16.5. The van der Waals surface area contributed by atoms with Crippen molar-refractivity contribution in [3.05, 3.63) is 46.9 Å². The summed E-state index contributed by atoms with van der Waals surface area (Å²) in [5.74, 6) is 0.732. The van der Waals surface area contributed by atoms with Gasteiger partial charge in [0.2, 0.25) is 0 Å². The topological polar surface area (TPSA) is 80.2 Å². The van der Waals surface area contributed by atoms with E-state index in [1.807, 2.05) is 25.1 Å². The number of aryl methyl sites for hydroxylation is 1. The Kier molecular flexibility index (Phi) is 6.31. The van der Waals surface area contributed by atoms with Crippen molar-refractivity contribution in [2.45, 2.75) is 13.3 Å². The fraction of sp³-hybridized carbons (Fsp3) is 0.368. The summed E-state index contributed by atoms with van der Waals surface area (Å²) in [5, 5.41) is 4.27. The molecule has 27 heavy (non-hydrogen) atoms. The molecule has 3 aromatic rings. The van der Waals surface area contributed by atoms with E-state index < -0.39 is 0 Å². The molecule has 1 N–H and O–H groups in total. The molecule has 3 rings (SSSR count). The number of nitrogens with one attached hydrogen (secondary N) is 1. The lowest BCUT2D eigenvalue weighted by molar-refractivity contribution is 0.0748. The normalized spacial score (nSPS) is 10.9. The monoisotopic (exact) mass is 385 g/mol. The van der Waals surface area contributed by atoms with Crippen LogP contribution in [0.1, 0.15) is 20.9 Å². The Morgan fingerprint density at radius 1 is 1.30 bits per heavy atom. The Hall–Kier alpha value is -2.58. The number of fused-ring (bicyclic) bond motifs is 1. The first-order chi connectivity index (χ1) is 13.1. The molecule has 0 aromatic carbocycles. The first kappa shape index (κ1) is 19.2. The van der Waals surface area contributed by atoms with Crippen molar-refractivity contribution in [2.75, 3.05) is 39.2 Å². The van der Waals surface area contributed by atoms with Crippen molar-refractivity contribution in [3.63, 3.8) is 0 Å².